The average molecular weight is 271 g/mol. The van der Waals surface area contributed by atoms with Gasteiger partial charge >= 0.3 is 0 Å². The van der Waals surface area contributed by atoms with Gasteiger partial charge in [-0.05, 0) is 74.4 Å². The van der Waals surface area contributed by atoms with E-state index in [2.05, 4.69) is 22.3 Å². The van der Waals surface area contributed by atoms with Crippen molar-refractivity contribution in [1.82, 2.24) is 10.2 Å². The second kappa shape index (κ2) is 5.05. The highest BCUT2D eigenvalue weighted by Gasteiger charge is 2.34. The molecule has 0 radical (unpaired) electrons. The van der Waals surface area contributed by atoms with Gasteiger partial charge in [-0.2, -0.15) is 0 Å². The first-order chi connectivity index (χ1) is 9.79. The second-order valence-corrected chi connectivity index (χ2v) is 6.84. The van der Waals surface area contributed by atoms with Gasteiger partial charge in [0.1, 0.15) is 0 Å². The molecule has 2 atom stereocenters. The molecule has 1 aromatic carbocycles. The topological polar surface area (TPSA) is 41.3 Å². The van der Waals surface area contributed by atoms with Crippen LogP contribution in [-0.4, -0.2) is 30.6 Å². The Labute approximate surface area is 121 Å². The molecule has 3 nitrogen and oxygen atoms in total. The van der Waals surface area contributed by atoms with E-state index in [0.29, 0.717) is 6.04 Å². The predicted octanol–water partition coefficient (Wildman–Crippen LogP) is 2.33. The van der Waals surface area contributed by atoms with Crippen LogP contribution in [0.5, 0.6) is 0 Å². The van der Waals surface area contributed by atoms with Gasteiger partial charge in [0.25, 0.3) is 0 Å². The molecule has 0 aromatic heterocycles. The van der Waals surface area contributed by atoms with Crippen LogP contribution < -0.4 is 11.1 Å². The number of aryl methyl sites for hydroxylation is 1. The Morgan fingerprint density at radius 2 is 2.10 bits per heavy atom. The summed E-state index contributed by atoms with van der Waals surface area (Å²) >= 11 is 0. The largest absolute Gasteiger partial charge is 0.399 e. The number of nitrogens with zero attached hydrogens (tertiary/aromatic N) is 1. The zero-order chi connectivity index (χ0) is 13.5. The summed E-state index contributed by atoms with van der Waals surface area (Å²) in [5.41, 5.74) is 9.71. The minimum absolute atomic E-state index is 0.556. The zero-order valence-corrected chi connectivity index (χ0v) is 12.1. The lowest BCUT2D eigenvalue weighted by molar-refractivity contribution is 0.309. The van der Waals surface area contributed by atoms with Crippen molar-refractivity contribution in [3.05, 3.63) is 29.3 Å². The summed E-state index contributed by atoms with van der Waals surface area (Å²) in [4.78, 5) is 2.70. The van der Waals surface area contributed by atoms with Crippen molar-refractivity contribution in [3.63, 3.8) is 0 Å². The van der Waals surface area contributed by atoms with E-state index in [1.54, 1.807) is 0 Å². The molecule has 108 valence electrons. The van der Waals surface area contributed by atoms with Crippen LogP contribution in [0.3, 0.4) is 0 Å². The number of fused-ring (bicyclic) bond motifs is 1. The van der Waals surface area contributed by atoms with E-state index < -0.39 is 0 Å². The van der Waals surface area contributed by atoms with Gasteiger partial charge in [-0.1, -0.05) is 6.07 Å². The van der Waals surface area contributed by atoms with E-state index in [1.807, 2.05) is 6.07 Å². The quantitative estimate of drug-likeness (QED) is 0.826. The van der Waals surface area contributed by atoms with E-state index in [9.17, 15) is 0 Å². The third-order valence-corrected chi connectivity index (χ3v) is 5.28. The fraction of sp³-hybridized carbons (Fsp3) is 0.647. The lowest BCUT2D eigenvalue weighted by Crippen LogP contribution is -2.29. The molecule has 1 saturated heterocycles. The van der Waals surface area contributed by atoms with E-state index in [-0.39, 0.29) is 0 Å². The van der Waals surface area contributed by atoms with Crippen LogP contribution in [0.4, 0.5) is 5.69 Å². The minimum atomic E-state index is 0.556. The fourth-order valence-corrected chi connectivity index (χ4v) is 3.96. The lowest BCUT2D eigenvalue weighted by atomic mass is 10.1. The standard InChI is InChI=1S/C17H25N3/c18-14-2-5-16-13(9-14)1-6-17(16)19-10-12-7-8-20(11-12)15-3-4-15/h2,5,9,12,15,17,19H,1,3-4,6-8,10-11,18H2. The smallest absolute Gasteiger partial charge is 0.0326 e. The molecule has 1 aromatic rings. The Morgan fingerprint density at radius 1 is 1.20 bits per heavy atom. The maximum absolute atomic E-state index is 5.87. The maximum atomic E-state index is 5.87. The Bertz CT molecular complexity index is 495. The molecule has 2 fully saturated rings. The van der Waals surface area contributed by atoms with Crippen LogP contribution in [0.25, 0.3) is 0 Å². The molecule has 3 N–H and O–H groups in total. The molecule has 2 unspecified atom stereocenters. The molecular weight excluding hydrogens is 246 g/mol. The van der Waals surface area contributed by atoms with Gasteiger partial charge in [-0.15, -0.1) is 0 Å². The number of nitrogen functional groups attached to an aromatic ring is 1. The number of anilines is 1. The Balaban J connectivity index is 1.33. The number of benzene rings is 1. The zero-order valence-electron chi connectivity index (χ0n) is 12.1. The molecule has 4 rings (SSSR count). The van der Waals surface area contributed by atoms with E-state index in [1.165, 1.54) is 62.9 Å². The van der Waals surface area contributed by atoms with Crippen LogP contribution in [0.2, 0.25) is 0 Å². The molecular formula is C17H25N3. The van der Waals surface area contributed by atoms with Crippen molar-refractivity contribution in [1.29, 1.82) is 0 Å². The lowest BCUT2D eigenvalue weighted by Gasteiger charge is -2.18. The highest BCUT2D eigenvalue weighted by atomic mass is 15.2. The number of hydrogen-bond acceptors (Lipinski definition) is 3. The molecule has 1 aliphatic heterocycles. The third-order valence-electron chi connectivity index (χ3n) is 5.28. The van der Waals surface area contributed by atoms with E-state index >= 15 is 0 Å². The van der Waals surface area contributed by atoms with Crippen LogP contribution in [0.1, 0.15) is 42.9 Å². The first kappa shape index (κ1) is 12.7. The highest BCUT2D eigenvalue weighted by Crippen LogP contribution is 2.34. The van der Waals surface area contributed by atoms with Gasteiger partial charge in [0.15, 0.2) is 0 Å². The van der Waals surface area contributed by atoms with Crippen molar-refractivity contribution in [3.8, 4) is 0 Å². The van der Waals surface area contributed by atoms with Gasteiger partial charge in [-0.3, -0.25) is 0 Å². The second-order valence-electron chi connectivity index (χ2n) is 6.84. The van der Waals surface area contributed by atoms with Crippen LogP contribution in [-0.2, 0) is 6.42 Å². The molecule has 20 heavy (non-hydrogen) atoms. The molecule has 3 aliphatic rings. The van der Waals surface area contributed by atoms with Crippen LogP contribution in [0.15, 0.2) is 18.2 Å². The van der Waals surface area contributed by atoms with Crippen molar-refractivity contribution >= 4 is 5.69 Å². The summed E-state index contributed by atoms with van der Waals surface area (Å²) < 4.78 is 0. The van der Waals surface area contributed by atoms with Gasteiger partial charge in [0.05, 0.1) is 0 Å². The number of nitrogens with two attached hydrogens (primary N) is 1. The van der Waals surface area contributed by atoms with Crippen molar-refractivity contribution in [2.75, 3.05) is 25.4 Å². The molecule has 0 bridgehead atoms. The van der Waals surface area contributed by atoms with Gasteiger partial charge < -0.3 is 16.0 Å². The first-order valence-electron chi connectivity index (χ1n) is 8.15. The van der Waals surface area contributed by atoms with Gasteiger partial charge in [0.2, 0.25) is 0 Å². The average Bonchev–Trinajstić information content (AvgIpc) is 3.06. The Hall–Kier alpha value is -1.06. The summed E-state index contributed by atoms with van der Waals surface area (Å²) in [6.45, 7) is 3.82. The molecule has 1 heterocycles. The SMILES string of the molecule is Nc1ccc2c(c1)CCC2NCC1CCN(C2CC2)C1. The molecule has 3 heteroatoms. The van der Waals surface area contributed by atoms with Crippen molar-refractivity contribution in [2.24, 2.45) is 5.92 Å². The normalized spacial score (nSPS) is 29.8. The Kier molecular flexibility index (Phi) is 3.20. The summed E-state index contributed by atoms with van der Waals surface area (Å²) in [6.07, 6.45) is 6.68. The van der Waals surface area contributed by atoms with Crippen molar-refractivity contribution in [2.45, 2.75) is 44.2 Å². The summed E-state index contributed by atoms with van der Waals surface area (Å²) in [5.74, 6) is 0.855. The Morgan fingerprint density at radius 3 is 2.95 bits per heavy atom. The minimum Gasteiger partial charge on any atom is -0.399 e. The van der Waals surface area contributed by atoms with Gasteiger partial charge in [0, 0.05) is 24.3 Å². The van der Waals surface area contributed by atoms with E-state index in [4.69, 9.17) is 5.73 Å². The van der Waals surface area contributed by atoms with Crippen LogP contribution >= 0.6 is 0 Å². The predicted molar refractivity (Wildman–Crippen MR) is 82.6 cm³/mol. The third kappa shape index (κ3) is 2.45. The summed E-state index contributed by atoms with van der Waals surface area (Å²) in [6, 6.07) is 7.92. The molecule has 0 spiro atoms. The number of hydrogen-bond donors (Lipinski definition) is 2. The van der Waals surface area contributed by atoms with Crippen LogP contribution in [0, 0.1) is 5.92 Å². The maximum Gasteiger partial charge on any atom is 0.0326 e. The van der Waals surface area contributed by atoms with E-state index in [0.717, 1.165) is 17.6 Å². The molecule has 2 aliphatic carbocycles. The highest BCUT2D eigenvalue weighted by molar-refractivity contribution is 5.47. The number of rotatable bonds is 4. The number of nitrogens with one attached hydrogen (secondary N) is 1. The summed E-state index contributed by atoms with van der Waals surface area (Å²) in [7, 11) is 0. The monoisotopic (exact) mass is 271 g/mol. The molecule has 1 saturated carbocycles. The number of likely N-dealkylation sites (tertiary alicyclic amines) is 1. The van der Waals surface area contributed by atoms with Crippen molar-refractivity contribution < 1.29 is 0 Å². The fourth-order valence-electron chi connectivity index (χ4n) is 3.96. The van der Waals surface area contributed by atoms with Gasteiger partial charge in [-0.25, -0.2) is 0 Å². The first-order valence-corrected chi connectivity index (χ1v) is 8.15. The molecule has 0 amide bonds. The summed E-state index contributed by atoms with van der Waals surface area (Å²) in [5, 5.41) is 3.81.